The molecular formula is C77H149NO18. The summed E-state index contributed by atoms with van der Waals surface area (Å²) in [7, 11) is 0. The van der Waals surface area contributed by atoms with E-state index in [2.05, 4.69) is 19.2 Å². The summed E-state index contributed by atoms with van der Waals surface area (Å²) in [6.07, 6.45) is 40.5. The first-order chi connectivity index (χ1) is 46.8. The van der Waals surface area contributed by atoms with E-state index < -0.39 is 124 Å². The van der Waals surface area contributed by atoms with Crippen molar-refractivity contribution in [2.45, 2.75) is 458 Å². The maximum atomic E-state index is 13.5. The summed E-state index contributed by atoms with van der Waals surface area (Å²) in [5.74, 6) is -0.233. The molecule has 0 spiro atoms. The molecule has 3 fully saturated rings. The van der Waals surface area contributed by atoms with Gasteiger partial charge >= 0.3 is 0 Å². The van der Waals surface area contributed by atoms with Crippen molar-refractivity contribution in [2.75, 3.05) is 26.4 Å². The SMILES string of the molecule is CCCCCCCCCCCCCCCCCCCCCCCCCCCCCCC(O)C(COC1OC(CO)C(OC2OC(CO)C(OC3OC(CO)C(O)C(O)C3O)C(O)C2O)C(O)C1O)NC(=O)CCCCCCCCCCCCCCCCCCCCCCCCC. The zero-order valence-electron chi connectivity index (χ0n) is 60.9. The summed E-state index contributed by atoms with van der Waals surface area (Å²) < 4.78 is 34.5. The van der Waals surface area contributed by atoms with Crippen LogP contribution in [0.4, 0.5) is 0 Å². The summed E-state index contributed by atoms with van der Waals surface area (Å²) in [5.41, 5.74) is 0. The van der Waals surface area contributed by atoms with Gasteiger partial charge in [0, 0.05) is 6.42 Å². The third kappa shape index (κ3) is 39.4. The molecule has 3 heterocycles. The highest BCUT2D eigenvalue weighted by Crippen LogP contribution is 2.33. The Kier molecular flexibility index (Phi) is 54.9. The van der Waals surface area contributed by atoms with Crippen LogP contribution >= 0.6 is 0 Å². The van der Waals surface area contributed by atoms with Crippen molar-refractivity contribution in [3.63, 3.8) is 0 Å². The molecule has 0 aromatic carbocycles. The van der Waals surface area contributed by atoms with Gasteiger partial charge in [-0.05, 0) is 12.8 Å². The lowest BCUT2D eigenvalue weighted by atomic mass is 9.96. The number of aliphatic hydroxyl groups is 11. The maximum Gasteiger partial charge on any atom is 0.220 e. The number of carbonyl (C=O) groups excluding carboxylic acids is 1. The van der Waals surface area contributed by atoms with Gasteiger partial charge < -0.3 is 89.9 Å². The van der Waals surface area contributed by atoms with Gasteiger partial charge in [-0.25, -0.2) is 0 Å². The molecule has 17 atom stereocenters. The van der Waals surface area contributed by atoms with E-state index in [-0.39, 0.29) is 18.9 Å². The average molecular weight is 1380 g/mol. The van der Waals surface area contributed by atoms with Crippen LogP contribution in [0, 0.1) is 0 Å². The topological polar surface area (TPSA) is 307 Å². The molecule has 3 aliphatic heterocycles. The van der Waals surface area contributed by atoms with Crippen molar-refractivity contribution in [1.29, 1.82) is 0 Å². The molecule has 0 aromatic heterocycles. The van der Waals surface area contributed by atoms with E-state index in [1.165, 1.54) is 276 Å². The molecule has 96 heavy (non-hydrogen) atoms. The Hall–Kier alpha value is -1.21. The lowest BCUT2D eigenvalue weighted by Crippen LogP contribution is -2.66. The third-order valence-electron chi connectivity index (χ3n) is 20.7. The predicted octanol–water partition coefficient (Wildman–Crippen LogP) is 13.0. The number of ether oxygens (including phenoxy) is 6. The van der Waals surface area contributed by atoms with Crippen molar-refractivity contribution < 1.29 is 89.4 Å². The smallest absolute Gasteiger partial charge is 0.220 e. The van der Waals surface area contributed by atoms with E-state index in [1.807, 2.05) is 0 Å². The molecule has 19 nitrogen and oxygen atoms in total. The Labute approximate surface area is 583 Å². The Morgan fingerprint density at radius 1 is 0.333 bits per heavy atom. The third-order valence-corrected chi connectivity index (χ3v) is 20.7. The second-order valence-electron chi connectivity index (χ2n) is 29.2. The van der Waals surface area contributed by atoms with Crippen LogP contribution in [-0.4, -0.2) is 193 Å². The van der Waals surface area contributed by atoms with Crippen molar-refractivity contribution in [1.82, 2.24) is 5.32 Å². The maximum absolute atomic E-state index is 13.5. The van der Waals surface area contributed by atoms with Gasteiger partial charge in [0.05, 0.1) is 38.6 Å². The monoisotopic (exact) mass is 1380 g/mol. The van der Waals surface area contributed by atoms with E-state index in [4.69, 9.17) is 28.4 Å². The first kappa shape index (κ1) is 89.0. The number of hydrogen-bond acceptors (Lipinski definition) is 18. The lowest BCUT2D eigenvalue weighted by molar-refractivity contribution is -0.379. The Balaban J connectivity index is 1.37. The van der Waals surface area contributed by atoms with Gasteiger partial charge in [0.2, 0.25) is 5.91 Å². The quantitative estimate of drug-likeness (QED) is 0.0252. The number of amides is 1. The summed E-state index contributed by atoms with van der Waals surface area (Å²) in [4.78, 5) is 13.5. The zero-order valence-corrected chi connectivity index (χ0v) is 60.9. The minimum absolute atomic E-state index is 0.233. The number of rotatable bonds is 65. The summed E-state index contributed by atoms with van der Waals surface area (Å²) in [6.45, 7) is 1.87. The first-order valence-corrected chi connectivity index (χ1v) is 40.3. The molecule has 19 heteroatoms. The highest BCUT2D eigenvalue weighted by Gasteiger charge is 2.54. The molecular weight excluding hydrogens is 1230 g/mol. The van der Waals surface area contributed by atoms with Gasteiger partial charge in [-0.15, -0.1) is 0 Å². The Morgan fingerprint density at radius 3 is 0.906 bits per heavy atom. The van der Waals surface area contributed by atoms with Crippen LogP contribution in [-0.2, 0) is 33.2 Å². The lowest BCUT2D eigenvalue weighted by Gasteiger charge is -2.48. The average Bonchev–Trinajstić information content (AvgIpc) is 0.787. The molecule has 12 N–H and O–H groups in total. The predicted molar refractivity (Wildman–Crippen MR) is 379 cm³/mol. The Morgan fingerprint density at radius 2 is 0.594 bits per heavy atom. The standard InChI is InChI=1S/C77H149NO18/c1-3-5-7-9-11-13-15-17-19-21-23-25-27-28-29-30-31-33-34-36-38-40-42-44-46-48-50-52-54-61(82)60(78-65(83)55-53-51-49-47-45-43-41-39-37-35-32-26-24-22-20-18-16-14-12-10-8-6-4-2)59-91-75-71(89)68(86)73(63(57-80)93-75)96-77-72(90)69(87)74(64(58-81)94-77)95-76-70(88)67(85)66(84)62(56-79)92-76/h60-64,66-77,79-82,84-90H,3-59H2,1-2H3,(H,78,83). The van der Waals surface area contributed by atoms with Crippen molar-refractivity contribution in [3.05, 3.63) is 0 Å². The zero-order chi connectivity index (χ0) is 69.6. The Bertz CT molecular complexity index is 1740. The van der Waals surface area contributed by atoms with Gasteiger partial charge in [0.15, 0.2) is 18.9 Å². The van der Waals surface area contributed by atoms with Crippen LogP contribution in [0.3, 0.4) is 0 Å². The van der Waals surface area contributed by atoms with E-state index >= 15 is 0 Å². The van der Waals surface area contributed by atoms with E-state index in [1.54, 1.807) is 0 Å². The van der Waals surface area contributed by atoms with E-state index in [0.717, 1.165) is 44.9 Å². The molecule has 570 valence electrons. The molecule has 0 aliphatic carbocycles. The van der Waals surface area contributed by atoms with Crippen LogP contribution in [0.5, 0.6) is 0 Å². The molecule has 0 aromatic rings. The molecule has 0 radical (unpaired) electrons. The molecule has 0 saturated carbocycles. The van der Waals surface area contributed by atoms with Crippen molar-refractivity contribution in [2.24, 2.45) is 0 Å². The largest absolute Gasteiger partial charge is 0.394 e. The van der Waals surface area contributed by atoms with Gasteiger partial charge in [-0.3, -0.25) is 4.79 Å². The molecule has 17 unspecified atom stereocenters. The van der Waals surface area contributed by atoms with Gasteiger partial charge in [0.25, 0.3) is 0 Å². The fourth-order valence-corrected chi connectivity index (χ4v) is 14.2. The number of hydrogen-bond donors (Lipinski definition) is 12. The van der Waals surface area contributed by atoms with E-state index in [0.29, 0.717) is 12.8 Å². The second-order valence-corrected chi connectivity index (χ2v) is 29.2. The summed E-state index contributed by atoms with van der Waals surface area (Å²) in [5, 5.41) is 121. The normalized spacial score (nSPS) is 26.9. The molecule has 3 rings (SSSR count). The first-order valence-electron chi connectivity index (χ1n) is 40.3. The summed E-state index contributed by atoms with van der Waals surface area (Å²) >= 11 is 0. The van der Waals surface area contributed by atoms with Gasteiger partial charge in [-0.1, -0.05) is 335 Å². The van der Waals surface area contributed by atoms with E-state index in [9.17, 15) is 61.0 Å². The summed E-state index contributed by atoms with van der Waals surface area (Å²) in [6, 6.07) is -0.883. The fourth-order valence-electron chi connectivity index (χ4n) is 14.2. The number of unbranched alkanes of at least 4 members (excludes halogenated alkanes) is 49. The minimum Gasteiger partial charge on any atom is -0.394 e. The van der Waals surface area contributed by atoms with Gasteiger partial charge in [0.1, 0.15) is 73.2 Å². The molecule has 3 aliphatic rings. The van der Waals surface area contributed by atoms with Gasteiger partial charge in [-0.2, -0.15) is 0 Å². The van der Waals surface area contributed by atoms with Crippen LogP contribution in [0.25, 0.3) is 0 Å². The minimum atomic E-state index is -1.97. The van der Waals surface area contributed by atoms with Crippen molar-refractivity contribution in [3.8, 4) is 0 Å². The van der Waals surface area contributed by atoms with Crippen LogP contribution in [0.2, 0.25) is 0 Å². The van der Waals surface area contributed by atoms with Crippen LogP contribution in [0.15, 0.2) is 0 Å². The second kappa shape index (κ2) is 59.2. The molecule has 1 amide bonds. The van der Waals surface area contributed by atoms with Crippen LogP contribution in [0.1, 0.15) is 354 Å². The van der Waals surface area contributed by atoms with Crippen LogP contribution < -0.4 is 5.32 Å². The number of aliphatic hydroxyl groups excluding tert-OH is 11. The molecule has 3 saturated heterocycles. The number of nitrogens with one attached hydrogen (secondary N) is 1. The number of carbonyl (C=O) groups is 1. The fraction of sp³-hybridized carbons (Fsp3) is 0.987. The molecule has 0 bridgehead atoms. The highest BCUT2D eigenvalue weighted by atomic mass is 16.8. The van der Waals surface area contributed by atoms with Crippen molar-refractivity contribution >= 4 is 5.91 Å². The highest BCUT2D eigenvalue weighted by molar-refractivity contribution is 5.76.